The number of carbonyl (C=O) groups is 1. The van der Waals surface area contributed by atoms with Gasteiger partial charge in [-0.15, -0.1) is 13.2 Å². The Bertz CT molecular complexity index is 1410. The molecule has 3 aromatic rings. The van der Waals surface area contributed by atoms with Gasteiger partial charge in [-0.3, -0.25) is 0 Å². The number of halogens is 5. The largest absolute Gasteiger partial charge is 0.573 e. The van der Waals surface area contributed by atoms with Crippen molar-refractivity contribution in [2.24, 2.45) is 0 Å². The molecule has 0 unspecified atom stereocenters. The fourth-order valence-corrected chi connectivity index (χ4v) is 3.70. The zero-order valence-electron chi connectivity index (χ0n) is 21.7. The molecule has 3 rings (SSSR count). The van der Waals surface area contributed by atoms with Gasteiger partial charge in [0.25, 0.3) is 0 Å². The Balaban J connectivity index is 1.64. The highest BCUT2D eigenvalue weighted by molar-refractivity contribution is 5.87. The van der Waals surface area contributed by atoms with Crippen LogP contribution in [-0.4, -0.2) is 38.6 Å². The van der Waals surface area contributed by atoms with E-state index < -0.39 is 42.5 Å². The maximum Gasteiger partial charge on any atom is 0.573 e. The van der Waals surface area contributed by atoms with Crippen LogP contribution in [0.15, 0.2) is 63.8 Å². The van der Waals surface area contributed by atoms with Crippen LogP contribution in [0.2, 0.25) is 0 Å². The van der Waals surface area contributed by atoms with Crippen LogP contribution >= 0.6 is 0 Å². The molecule has 0 spiro atoms. The Morgan fingerprint density at radius 1 is 0.925 bits per heavy atom. The number of fused-ring (bicyclic) bond motifs is 1. The van der Waals surface area contributed by atoms with Crippen LogP contribution in [0.5, 0.6) is 17.2 Å². The molecule has 0 bridgehead atoms. The molecule has 0 radical (unpaired) electrons. The number of hydrogen-bond acceptors (Lipinski definition) is 7. The number of benzene rings is 2. The maximum atomic E-state index is 14.1. The van der Waals surface area contributed by atoms with Crippen molar-refractivity contribution in [3.05, 3.63) is 65.0 Å². The Morgan fingerprint density at radius 2 is 1.60 bits per heavy atom. The topological polar surface area (TPSA) is 84.2 Å². The monoisotopic (exact) mass is 570 g/mol. The molecule has 0 amide bonds. The van der Waals surface area contributed by atoms with Crippen LogP contribution in [0.4, 0.5) is 22.0 Å². The van der Waals surface area contributed by atoms with Crippen molar-refractivity contribution < 1.29 is 50.1 Å². The van der Waals surface area contributed by atoms with Crippen LogP contribution in [0.3, 0.4) is 0 Å². The molecule has 216 valence electrons. The average Bonchev–Trinajstić information content (AvgIpc) is 2.87. The van der Waals surface area contributed by atoms with E-state index in [1.165, 1.54) is 50.4 Å². The first-order chi connectivity index (χ1) is 18.8. The molecule has 7 nitrogen and oxygen atoms in total. The summed E-state index contributed by atoms with van der Waals surface area (Å²) in [5, 5.41) is 0.384. The molecule has 1 heterocycles. The predicted octanol–water partition coefficient (Wildman–Crippen LogP) is 7.06. The molecule has 0 atom stereocenters. The minimum atomic E-state index is -5.01. The van der Waals surface area contributed by atoms with E-state index in [-0.39, 0.29) is 59.8 Å². The normalized spacial score (nSPS) is 11.8. The molecule has 0 saturated carbocycles. The first-order valence-corrected chi connectivity index (χ1v) is 12.1. The summed E-state index contributed by atoms with van der Waals surface area (Å²) in [6.45, 7) is 4.71. The Labute approximate surface area is 226 Å². The fraction of sp³-hybridized carbons (Fsp3) is 0.357. The predicted molar refractivity (Wildman–Crippen MR) is 136 cm³/mol. The van der Waals surface area contributed by atoms with Crippen molar-refractivity contribution in [2.45, 2.75) is 44.9 Å². The number of esters is 1. The molecule has 0 aliphatic carbocycles. The highest BCUT2D eigenvalue weighted by Crippen LogP contribution is 2.36. The fourth-order valence-electron chi connectivity index (χ4n) is 3.70. The summed E-state index contributed by atoms with van der Waals surface area (Å²) in [4.78, 5) is 24.0. The van der Waals surface area contributed by atoms with Crippen LogP contribution in [0.25, 0.3) is 22.1 Å². The number of rotatable bonds is 13. The van der Waals surface area contributed by atoms with Crippen molar-refractivity contribution in [1.29, 1.82) is 0 Å². The van der Waals surface area contributed by atoms with Gasteiger partial charge in [-0.1, -0.05) is 6.58 Å². The summed E-state index contributed by atoms with van der Waals surface area (Å²) in [5.74, 6) is -3.88. The third-order valence-corrected chi connectivity index (χ3v) is 5.64. The molecule has 0 fully saturated rings. The minimum absolute atomic E-state index is 0.00107. The quantitative estimate of drug-likeness (QED) is 0.0715. The van der Waals surface area contributed by atoms with E-state index in [1.54, 1.807) is 0 Å². The van der Waals surface area contributed by atoms with Gasteiger partial charge in [-0.25, -0.2) is 18.4 Å². The molecule has 0 N–H and O–H groups in total. The average molecular weight is 571 g/mol. The highest BCUT2D eigenvalue weighted by atomic mass is 19.4. The van der Waals surface area contributed by atoms with Crippen molar-refractivity contribution in [2.75, 3.05) is 20.3 Å². The molecule has 0 aliphatic rings. The van der Waals surface area contributed by atoms with Gasteiger partial charge in [0.2, 0.25) is 5.92 Å². The highest BCUT2D eigenvalue weighted by Gasteiger charge is 2.33. The van der Waals surface area contributed by atoms with E-state index in [2.05, 4.69) is 11.3 Å². The molecule has 40 heavy (non-hydrogen) atoms. The SMILES string of the molecule is C=C(C)C(=O)OCCCC(F)(F)CCCOc1ccc2cc(-c3ccc(OC)cc3OC(F)(F)F)c(=O)oc2c1. The number of methoxy groups -OCH3 is 1. The van der Waals surface area contributed by atoms with Crippen LogP contribution in [0, 0.1) is 0 Å². The van der Waals surface area contributed by atoms with E-state index in [0.29, 0.717) is 5.39 Å². The summed E-state index contributed by atoms with van der Waals surface area (Å²) in [7, 11) is 1.27. The van der Waals surface area contributed by atoms with E-state index in [9.17, 15) is 31.5 Å². The molecular weight excluding hydrogens is 543 g/mol. The summed E-state index contributed by atoms with van der Waals surface area (Å²) in [6.07, 6.45) is -5.88. The smallest absolute Gasteiger partial charge is 0.497 e. The summed E-state index contributed by atoms with van der Waals surface area (Å²) in [6, 6.07) is 9.40. The van der Waals surface area contributed by atoms with Crippen LogP contribution in [0.1, 0.15) is 32.6 Å². The summed E-state index contributed by atoms with van der Waals surface area (Å²) >= 11 is 0. The molecule has 2 aromatic carbocycles. The van der Waals surface area contributed by atoms with Gasteiger partial charge in [0.15, 0.2) is 0 Å². The van der Waals surface area contributed by atoms with Crippen molar-refractivity contribution >= 4 is 16.9 Å². The lowest BCUT2D eigenvalue weighted by Gasteiger charge is -2.16. The number of carbonyl (C=O) groups excluding carboxylic acids is 1. The zero-order chi connectivity index (χ0) is 29.5. The maximum absolute atomic E-state index is 14.1. The van der Waals surface area contributed by atoms with Gasteiger partial charge in [0.1, 0.15) is 22.8 Å². The second-order valence-electron chi connectivity index (χ2n) is 8.88. The lowest BCUT2D eigenvalue weighted by molar-refractivity contribution is -0.274. The lowest BCUT2D eigenvalue weighted by Crippen LogP contribution is -2.18. The van der Waals surface area contributed by atoms with Gasteiger partial charge in [0.05, 0.1) is 25.9 Å². The zero-order valence-corrected chi connectivity index (χ0v) is 21.7. The molecule has 12 heteroatoms. The number of hydrogen-bond donors (Lipinski definition) is 0. The van der Waals surface area contributed by atoms with Gasteiger partial charge in [0, 0.05) is 41.5 Å². The first-order valence-electron chi connectivity index (χ1n) is 12.1. The molecular formula is C28H27F5O7. The van der Waals surface area contributed by atoms with Crippen LogP contribution in [-0.2, 0) is 9.53 Å². The van der Waals surface area contributed by atoms with E-state index in [1.807, 2.05) is 0 Å². The van der Waals surface area contributed by atoms with Crippen molar-refractivity contribution in [1.82, 2.24) is 0 Å². The Kier molecular flexibility index (Phi) is 9.78. The first kappa shape index (κ1) is 30.5. The summed E-state index contributed by atoms with van der Waals surface area (Å²) in [5.41, 5.74) is -0.953. The van der Waals surface area contributed by atoms with Crippen molar-refractivity contribution in [3.63, 3.8) is 0 Å². The molecule has 1 aromatic heterocycles. The Hall–Kier alpha value is -4.09. The van der Waals surface area contributed by atoms with Gasteiger partial charge >= 0.3 is 18.0 Å². The van der Waals surface area contributed by atoms with E-state index >= 15 is 0 Å². The van der Waals surface area contributed by atoms with Crippen molar-refractivity contribution in [3.8, 4) is 28.4 Å². The number of alkyl halides is 5. The lowest BCUT2D eigenvalue weighted by atomic mass is 10.0. The third-order valence-electron chi connectivity index (χ3n) is 5.64. The molecule has 0 saturated heterocycles. The van der Waals surface area contributed by atoms with Crippen LogP contribution < -0.4 is 19.8 Å². The number of ether oxygens (including phenoxy) is 4. The Morgan fingerprint density at radius 3 is 2.25 bits per heavy atom. The second-order valence-corrected chi connectivity index (χ2v) is 8.88. The summed E-state index contributed by atoms with van der Waals surface area (Å²) < 4.78 is 91.7. The van der Waals surface area contributed by atoms with E-state index in [0.717, 1.165) is 6.07 Å². The molecule has 0 aliphatic heterocycles. The second kappa shape index (κ2) is 12.8. The van der Waals surface area contributed by atoms with Gasteiger partial charge in [-0.05, 0) is 50.1 Å². The third kappa shape index (κ3) is 8.72. The van der Waals surface area contributed by atoms with E-state index in [4.69, 9.17) is 18.6 Å². The standard InChI is InChI=1S/C28H27F5O7/c1-17(2)25(34)38-13-5-11-27(29,30)10-4-12-37-20-7-6-18-14-22(26(35)39-23(18)16-20)21-9-8-19(36-3)15-24(21)40-28(31,32)33/h6-9,14-16H,1,4-5,10-13H2,2-3H3. The van der Waals surface area contributed by atoms with Gasteiger partial charge < -0.3 is 23.4 Å². The minimum Gasteiger partial charge on any atom is -0.497 e. The van der Waals surface area contributed by atoms with Gasteiger partial charge in [-0.2, -0.15) is 0 Å².